The van der Waals surface area contributed by atoms with Gasteiger partial charge in [-0.25, -0.2) is 8.78 Å². The van der Waals surface area contributed by atoms with Crippen LogP contribution in [0.1, 0.15) is 17.5 Å². The number of nitrogens with one attached hydrogen (secondary N) is 1. The van der Waals surface area contributed by atoms with E-state index in [1.807, 2.05) is 18.2 Å². The second kappa shape index (κ2) is 4.65. The van der Waals surface area contributed by atoms with E-state index in [1.165, 1.54) is 5.56 Å². The molecule has 1 aliphatic rings. The number of aryl methyl sites for hydroxylation is 2. The molecule has 0 radical (unpaired) electrons. The van der Waals surface area contributed by atoms with Crippen molar-refractivity contribution in [1.29, 1.82) is 0 Å². The molecule has 0 unspecified atom stereocenters. The van der Waals surface area contributed by atoms with Crippen molar-refractivity contribution in [2.75, 3.05) is 11.9 Å². The van der Waals surface area contributed by atoms with E-state index in [2.05, 4.69) is 5.32 Å². The average molecular weight is 259 g/mol. The van der Waals surface area contributed by atoms with Gasteiger partial charge in [0, 0.05) is 23.4 Å². The fourth-order valence-electron chi connectivity index (χ4n) is 2.59. The van der Waals surface area contributed by atoms with Crippen LogP contribution in [-0.2, 0) is 6.42 Å². The maximum absolute atomic E-state index is 14.1. The predicted octanol–water partition coefficient (Wildman–Crippen LogP) is 4.30. The van der Waals surface area contributed by atoms with E-state index in [0.29, 0.717) is 11.1 Å². The SMILES string of the molecule is Cc1ccc(-c2cccc3c2NCCC3)c(F)c1F. The Morgan fingerprint density at radius 3 is 2.68 bits per heavy atom. The topological polar surface area (TPSA) is 12.0 Å². The smallest absolute Gasteiger partial charge is 0.166 e. The van der Waals surface area contributed by atoms with Gasteiger partial charge in [0.25, 0.3) is 0 Å². The lowest BCUT2D eigenvalue weighted by atomic mass is 9.94. The second-order valence-electron chi connectivity index (χ2n) is 4.93. The van der Waals surface area contributed by atoms with Crippen LogP contribution in [0.4, 0.5) is 14.5 Å². The Morgan fingerprint density at radius 2 is 1.84 bits per heavy atom. The minimum absolute atomic E-state index is 0.328. The van der Waals surface area contributed by atoms with Crippen molar-refractivity contribution in [2.45, 2.75) is 19.8 Å². The fraction of sp³-hybridized carbons (Fsp3) is 0.250. The molecule has 1 N–H and O–H groups in total. The lowest BCUT2D eigenvalue weighted by Crippen LogP contribution is -2.12. The summed E-state index contributed by atoms with van der Waals surface area (Å²) in [5.74, 6) is -1.52. The van der Waals surface area contributed by atoms with Crippen LogP contribution >= 0.6 is 0 Å². The lowest BCUT2D eigenvalue weighted by molar-refractivity contribution is 0.505. The van der Waals surface area contributed by atoms with Crippen LogP contribution in [0, 0.1) is 18.6 Å². The first kappa shape index (κ1) is 12.2. The first-order chi connectivity index (χ1) is 9.18. The number of hydrogen-bond donors (Lipinski definition) is 1. The molecule has 3 rings (SSSR count). The highest BCUT2D eigenvalue weighted by Crippen LogP contribution is 2.36. The first-order valence-electron chi connectivity index (χ1n) is 6.49. The molecule has 2 aromatic carbocycles. The predicted molar refractivity (Wildman–Crippen MR) is 73.3 cm³/mol. The zero-order chi connectivity index (χ0) is 13.4. The molecule has 0 bridgehead atoms. The molecule has 0 saturated heterocycles. The van der Waals surface area contributed by atoms with Crippen LogP contribution in [-0.4, -0.2) is 6.54 Å². The average Bonchev–Trinajstić information content (AvgIpc) is 2.45. The maximum Gasteiger partial charge on any atom is 0.166 e. The molecule has 3 heteroatoms. The number of para-hydroxylation sites is 1. The Kier molecular flexibility index (Phi) is 2.97. The van der Waals surface area contributed by atoms with Gasteiger partial charge >= 0.3 is 0 Å². The van der Waals surface area contributed by atoms with Crippen molar-refractivity contribution in [3.63, 3.8) is 0 Å². The number of anilines is 1. The minimum Gasteiger partial charge on any atom is -0.384 e. The van der Waals surface area contributed by atoms with Crippen molar-refractivity contribution >= 4 is 5.69 Å². The van der Waals surface area contributed by atoms with Gasteiger partial charge in [0.15, 0.2) is 11.6 Å². The Labute approximate surface area is 111 Å². The highest BCUT2D eigenvalue weighted by atomic mass is 19.2. The normalized spacial score (nSPS) is 13.8. The summed E-state index contributed by atoms with van der Waals surface area (Å²) >= 11 is 0. The Hall–Kier alpha value is -1.90. The number of hydrogen-bond acceptors (Lipinski definition) is 1. The summed E-state index contributed by atoms with van der Waals surface area (Å²) in [6.07, 6.45) is 2.05. The van der Waals surface area contributed by atoms with Crippen LogP contribution in [0.3, 0.4) is 0 Å². The van der Waals surface area contributed by atoms with Crippen molar-refractivity contribution in [2.24, 2.45) is 0 Å². The van der Waals surface area contributed by atoms with E-state index < -0.39 is 11.6 Å². The van der Waals surface area contributed by atoms with Crippen LogP contribution < -0.4 is 5.32 Å². The lowest BCUT2D eigenvalue weighted by Gasteiger charge is -2.21. The van der Waals surface area contributed by atoms with E-state index in [1.54, 1.807) is 19.1 Å². The monoisotopic (exact) mass is 259 g/mol. The zero-order valence-corrected chi connectivity index (χ0v) is 10.8. The van der Waals surface area contributed by atoms with Gasteiger partial charge in [0.1, 0.15) is 0 Å². The standard InChI is InChI=1S/C16H15F2N/c1-10-7-8-12(15(18)14(10)17)13-6-2-4-11-5-3-9-19-16(11)13/h2,4,6-8,19H,3,5,9H2,1H3. The Bertz CT molecular complexity index is 635. The van der Waals surface area contributed by atoms with Gasteiger partial charge in [-0.15, -0.1) is 0 Å². The third-order valence-corrected chi connectivity index (χ3v) is 3.64. The molecule has 1 aliphatic heterocycles. The van der Waals surface area contributed by atoms with Crippen LogP contribution in [0.15, 0.2) is 30.3 Å². The van der Waals surface area contributed by atoms with Gasteiger partial charge in [0.05, 0.1) is 0 Å². The third kappa shape index (κ3) is 1.99. The number of halogens is 2. The summed E-state index contributed by atoms with van der Waals surface area (Å²) < 4.78 is 27.8. The van der Waals surface area contributed by atoms with Gasteiger partial charge in [-0.05, 0) is 30.9 Å². The van der Waals surface area contributed by atoms with E-state index in [9.17, 15) is 8.78 Å². The van der Waals surface area contributed by atoms with E-state index in [-0.39, 0.29) is 0 Å². The van der Waals surface area contributed by atoms with E-state index in [4.69, 9.17) is 0 Å². The quantitative estimate of drug-likeness (QED) is 0.805. The number of fused-ring (bicyclic) bond motifs is 1. The van der Waals surface area contributed by atoms with Crippen molar-refractivity contribution in [1.82, 2.24) is 0 Å². The van der Waals surface area contributed by atoms with Gasteiger partial charge in [-0.1, -0.05) is 30.3 Å². The second-order valence-corrected chi connectivity index (χ2v) is 4.93. The molecule has 0 atom stereocenters. The maximum atomic E-state index is 14.1. The fourth-order valence-corrected chi connectivity index (χ4v) is 2.59. The third-order valence-electron chi connectivity index (χ3n) is 3.64. The van der Waals surface area contributed by atoms with Crippen LogP contribution in [0.5, 0.6) is 0 Å². The first-order valence-corrected chi connectivity index (χ1v) is 6.49. The molecule has 0 aromatic heterocycles. The number of benzene rings is 2. The zero-order valence-electron chi connectivity index (χ0n) is 10.8. The molecule has 19 heavy (non-hydrogen) atoms. The van der Waals surface area contributed by atoms with Crippen LogP contribution in [0.2, 0.25) is 0 Å². The molecule has 0 saturated carbocycles. The largest absolute Gasteiger partial charge is 0.384 e. The van der Waals surface area contributed by atoms with Gasteiger partial charge in [-0.3, -0.25) is 0 Å². The molecule has 0 fully saturated rings. The molecule has 0 spiro atoms. The van der Waals surface area contributed by atoms with Crippen LogP contribution in [0.25, 0.3) is 11.1 Å². The molecule has 0 amide bonds. The van der Waals surface area contributed by atoms with Gasteiger partial charge in [0.2, 0.25) is 0 Å². The van der Waals surface area contributed by atoms with Crippen molar-refractivity contribution in [3.8, 4) is 11.1 Å². The number of rotatable bonds is 1. The molecular formula is C16H15F2N. The summed E-state index contributed by atoms with van der Waals surface area (Å²) in [4.78, 5) is 0. The minimum atomic E-state index is -0.763. The molecule has 1 nitrogen and oxygen atoms in total. The molecule has 1 heterocycles. The van der Waals surface area contributed by atoms with Gasteiger partial charge < -0.3 is 5.32 Å². The summed E-state index contributed by atoms with van der Waals surface area (Å²) in [5.41, 5.74) is 3.52. The van der Waals surface area contributed by atoms with Crippen molar-refractivity contribution < 1.29 is 8.78 Å². The van der Waals surface area contributed by atoms with E-state index >= 15 is 0 Å². The summed E-state index contributed by atoms with van der Waals surface area (Å²) in [6, 6.07) is 9.05. The van der Waals surface area contributed by atoms with Crippen molar-refractivity contribution in [3.05, 3.63) is 53.1 Å². The van der Waals surface area contributed by atoms with Gasteiger partial charge in [-0.2, -0.15) is 0 Å². The summed E-state index contributed by atoms with van der Waals surface area (Å²) in [5, 5.41) is 3.30. The highest BCUT2D eigenvalue weighted by Gasteiger charge is 2.18. The molecule has 2 aromatic rings. The summed E-state index contributed by atoms with van der Waals surface area (Å²) in [6.45, 7) is 2.45. The molecule has 98 valence electrons. The van der Waals surface area contributed by atoms with E-state index in [0.717, 1.165) is 30.6 Å². The molecule has 0 aliphatic carbocycles. The summed E-state index contributed by atoms with van der Waals surface area (Å²) in [7, 11) is 0. The molecular weight excluding hydrogens is 244 g/mol. The Balaban J connectivity index is 2.20. The highest BCUT2D eigenvalue weighted by molar-refractivity contribution is 5.81. The Morgan fingerprint density at radius 1 is 1.00 bits per heavy atom.